The Morgan fingerprint density at radius 3 is 2.36 bits per heavy atom. The van der Waals surface area contributed by atoms with Crippen molar-refractivity contribution < 1.29 is 13.5 Å². The minimum absolute atomic E-state index is 0.155. The summed E-state index contributed by atoms with van der Waals surface area (Å²) in [5, 5.41) is 10.6. The zero-order chi connectivity index (χ0) is 20.5. The summed E-state index contributed by atoms with van der Waals surface area (Å²) < 4.78 is 27.2. The maximum absolute atomic E-state index is 12.9. The van der Waals surface area contributed by atoms with Gasteiger partial charge in [0.05, 0.1) is 5.02 Å². The zero-order valence-corrected chi connectivity index (χ0v) is 18.1. The van der Waals surface area contributed by atoms with Crippen LogP contribution in [0.5, 0.6) is 5.75 Å². The topological polar surface area (TPSA) is 60.9 Å². The maximum Gasteiger partial charge on any atom is 0.244 e. The van der Waals surface area contributed by atoms with Crippen LogP contribution in [0.15, 0.2) is 41.3 Å². The lowest BCUT2D eigenvalue weighted by molar-refractivity contribution is 0.180. The van der Waals surface area contributed by atoms with Crippen molar-refractivity contribution >= 4 is 21.6 Å². The summed E-state index contributed by atoms with van der Waals surface area (Å²) in [6.45, 7) is 8.91. The molecule has 0 aliphatic carbocycles. The van der Waals surface area contributed by atoms with Gasteiger partial charge in [-0.05, 0) is 42.2 Å². The molecule has 0 unspecified atom stereocenters. The molecule has 152 valence electrons. The van der Waals surface area contributed by atoms with Crippen LogP contribution in [-0.4, -0.2) is 48.9 Å². The van der Waals surface area contributed by atoms with Crippen molar-refractivity contribution in [1.82, 2.24) is 9.21 Å². The van der Waals surface area contributed by atoms with Gasteiger partial charge in [-0.1, -0.05) is 43.6 Å². The van der Waals surface area contributed by atoms with Gasteiger partial charge < -0.3 is 5.11 Å². The SMILES string of the molecule is Cc1cc(O)c(CN2CCN(S(=O)(=O)c3ccccc3Cl)CC2)cc1C(C)C. The molecule has 0 atom stereocenters. The standard InChI is InChI=1S/C21H27ClN2O3S/c1-15(2)18-13-17(20(25)12-16(18)3)14-23-8-10-24(11-9-23)28(26,27)21-7-5-4-6-19(21)22/h4-7,12-13,15,25H,8-11,14H2,1-3H3. The fraction of sp³-hybridized carbons (Fsp3) is 0.429. The van der Waals surface area contributed by atoms with E-state index < -0.39 is 10.0 Å². The van der Waals surface area contributed by atoms with Crippen LogP contribution in [0.25, 0.3) is 0 Å². The van der Waals surface area contributed by atoms with Crippen LogP contribution in [0.2, 0.25) is 5.02 Å². The summed E-state index contributed by atoms with van der Waals surface area (Å²) in [6.07, 6.45) is 0. The Labute approximate surface area is 172 Å². The number of nitrogens with zero attached hydrogens (tertiary/aromatic N) is 2. The first kappa shape index (κ1) is 21.1. The van der Waals surface area contributed by atoms with E-state index >= 15 is 0 Å². The molecule has 0 radical (unpaired) electrons. The number of halogens is 1. The van der Waals surface area contributed by atoms with Gasteiger partial charge in [-0.2, -0.15) is 4.31 Å². The molecular weight excluding hydrogens is 396 g/mol. The molecule has 2 aromatic carbocycles. The summed E-state index contributed by atoms with van der Waals surface area (Å²) in [4.78, 5) is 2.33. The van der Waals surface area contributed by atoms with Gasteiger partial charge in [0, 0.05) is 38.3 Å². The highest BCUT2D eigenvalue weighted by molar-refractivity contribution is 7.89. The number of phenolic OH excluding ortho intramolecular Hbond substituents is 1. The minimum atomic E-state index is -3.60. The number of hydrogen-bond acceptors (Lipinski definition) is 4. The molecule has 7 heteroatoms. The van der Waals surface area contributed by atoms with E-state index in [0.29, 0.717) is 44.4 Å². The van der Waals surface area contributed by atoms with Crippen LogP contribution in [0.1, 0.15) is 36.5 Å². The Balaban J connectivity index is 1.70. The summed E-state index contributed by atoms with van der Waals surface area (Å²) in [6, 6.07) is 10.4. The number of sulfonamides is 1. The van der Waals surface area contributed by atoms with E-state index in [1.165, 1.54) is 9.87 Å². The third kappa shape index (κ3) is 4.35. The van der Waals surface area contributed by atoms with E-state index in [1.54, 1.807) is 24.3 Å². The van der Waals surface area contributed by atoms with Crippen molar-refractivity contribution in [2.75, 3.05) is 26.2 Å². The number of piperazine rings is 1. The van der Waals surface area contributed by atoms with Gasteiger partial charge in [0.1, 0.15) is 10.6 Å². The van der Waals surface area contributed by atoms with E-state index in [2.05, 4.69) is 24.8 Å². The first-order valence-corrected chi connectivity index (χ1v) is 11.3. The van der Waals surface area contributed by atoms with Crippen LogP contribution in [0, 0.1) is 6.92 Å². The van der Waals surface area contributed by atoms with Gasteiger partial charge in [0.2, 0.25) is 10.0 Å². The van der Waals surface area contributed by atoms with Crippen molar-refractivity contribution in [1.29, 1.82) is 0 Å². The summed E-state index contributed by atoms with van der Waals surface area (Å²) in [5.74, 6) is 0.685. The number of phenols is 1. The first-order chi connectivity index (χ1) is 13.2. The third-order valence-electron chi connectivity index (χ3n) is 5.27. The Morgan fingerprint density at radius 2 is 1.75 bits per heavy atom. The summed E-state index contributed by atoms with van der Waals surface area (Å²) in [5.41, 5.74) is 3.20. The zero-order valence-electron chi connectivity index (χ0n) is 16.5. The molecule has 0 amide bonds. The Bertz CT molecular complexity index is 952. The van der Waals surface area contributed by atoms with Gasteiger partial charge in [-0.25, -0.2) is 8.42 Å². The van der Waals surface area contributed by atoms with E-state index in [4.69, 9.17) is 11.6 Å². The Morgan fingerprint density at radius 1 is 1.11 bits per heavy atom. The fourth-order valence-electron chi connectivity index (χ4n) is 3.67. The average molecular weight is 423 g/mol. The van der Waals surface area contributed by atoms with Crippen molar-refractivity contribution in [3.8, 4) is 5.75 Å². The summed E-state index contributed by atoms with van der Waals surface area (Å²) in [7, 11) is -3.60. The quantitative estimate of drug-likeness (QED) is 0.791. The lowest BCUT2D eigenvalue weighted by atomic mass is 9.95. The third-order valence-corrected chi connectivity index (χ3v) is 7.67. The van der Waals surface area contributed by atoms with Crippen LogP contribution in [-0.2, 0) is 16.6 Å². The van der Waals surface area contributed by atoms with Gasteiger partial charge in [0.15, 0.2) is 0 Å². The maximum atomic E-state index is 12.9. The molecule has 0 aromatic heterocycles. The fourth-order valence-corrected chi connectivity index (χ4v) is 5.58. The van der Waals surface area contributed by atoms with Crippen LogP contribution in [0.3, 0.4) is 0 Å². The highest BCUT2D eigenvalue weighted by Crippen LogP contribution is 2.29. The number of hydrogen-bond donors (Lipinski definition) is 1. The molecule has 0 bridgehead atoms. The molecule has 0 saturated carbocycles. The normalized spacial score (nSPS) is 16.6. The number of benzene rings is 2. The van der Waals surface area contributed by atoms with Crippen molar-refractivity contribution in [3.63, 3.8) is 0 Å². The van der Waals surface area contributed by atoms with E-state index in [0.717, 1.165) is 11.1 Å². The van der Waals surface area contributed by atoms with Crippen molar-refractivity contribution in [2.24, 2.45) is 0 Å². The lowest BCUT2D eigenvalue weighted by Crippen LogP contribution is -2.48. The van der Waals surface area contributed by atoms with Crippen molar-refractivity contribution in [3.05, 3.63) is 58.1 Å². The average Bonchev–Trinajstić information content (AvgIpc) is 2.64. The molecule has 2 aromatic rings. The number of aromatic hydroxyl groups is 1. The number of aryl methyl sites for hydroxylation is 1. The molecule has 1 N–H and O–H groups in total. The predicted octanol–water partition coefficient (Wildman–Crippen LogP) is 3.98. The molecule has 5 nitrogen and oxygen atoms in total. The van der Waals surface area contributed by atoms with Gasteiger partial charge in [0.25, 0.3) is 0 Å². The molecule has 0 spiro atoms. The predicted molar refractivity (Wildman–Crippen MR) is 112 cm³/mol. The summed E-state index contributed by atoms with van der Waals surface area (Å²) >= 11 is 6.09. The largest absolute Gasteiger partial charge is 0.508 e. The van der Waals surface area contributed by atoms with E-state index in [9.17, 15) is 13.5 Å². The van der Waals surface area contributed by atoms with E-state index in [1.807, 2.05) is 13.0 Å². The Hall–Kier alpha value is -1.60. The van der Waals surface area contributed by atoms with E-state index in [-0.39, 0.29) is 9.92 Å². The molecule has 28 heavy (non-hydrogen) atoms. The molecule has 1 aliphatic rings. The molecule has 1 saturated heterocycles. The Kier molecular flexibility index (Phi) is 6.34. The van der Waals surface area contributed by atoms with Gasteiger partial charge in [-0.3, -0.25) is 4.90 Å². The highest BCUT2D eigenvalue weighted by Gasteiger charge is 2.30. The molecule has 3 rings (SSSR count). The van der Waals surface area contributed by atoms with Crippen LogP contribution >= 0.6 is 11.6 Å². The molecule has 1 aliphatic heterocycles. The monoisotopic (exact) mass is 422 g/mol. The lowest BCUT2D eigenvalue weighted by Gasteiger charge is -2.34. The number of rotatable bonds is 5. The van der Waals surface area contributed by atoms with Crippen LogP contribution in [0.4, 0.5) is 0 Å². The van der Waals surface area contributed by atoms with Crippen molar-refractivity contribution in [2.45, 2.75) is 38.1 Å². The second kappa shape index (κ2) is 8.41. The molecule has 1 heterocycles. The second-order valence-electron chi connectivity index (χ2n) is 7.60. The second-order valence-corrected chi connectivity index (χ2v) is 9.92. The van der Waals surface area contributed by atoms with Gasteiger partial charge >= 0.3 is 0 Å². The smallest absolute Gasteiger partial charge is 0.244 e. The molecule has 1 fully saturated rings. The minimum Gasteiger partial charge on any atom is -0.508 e. The van der Waals surface area contributed by atoms with Crippen LogP contribution < -0.4 is 0 Å². The highest BCUT2D eigenvalue weighted by atomic mass is 35.5. The molecular formula is C21H27ClN2O3S. The first-order valence-electron chi connectivity index (χ1n) is 9.49. The van der Waals surface area contributed by atoms with Gasteiger partial charge in [-0.15, -0.1) is 0 Å².